The number of nitro benzene ring substituents is 1. The minimum absolute atomic E-state index is 0. The molecule has 76 valence electrons. The van der Waals surface area contributed by atoms with Crippen molar-refractivity contribution in [2.24, 2.45) is 0 Å². The smallest absolute Gasteiger partial charge is 0.772 e. The molecule has 0 heterocycles. The number of aryl methyl sites for hydroxylation is 1. The van der Waals surface area contributed by atoms with Crippen LogP contribution in [-0.2, 0) is 17.5 Å². The molecule has 1 aromatic carbocycles. The molecule has 7 heteroatoms. The van der Waals surface area contributed by atoms with Crippen LogP contribution in [0.5, 0.6) is 0 Å². The molecule has 0 radical (unpaired) electrons. The van der Waals surface area contributed by atoms with E-state index in [9.17, 15) is 18.9 Å². The van der Waals surface area contributed by atoms with Gasteiger partial charge in [-0.3, -0.25) is 14.3 Å². The van der Waals surface area contributed by atoms with Gasteiger partial charge in [0.1, 0.15) is 0 Å². The van der Waals surface area contributed by atoms with Gasteiger partial charge in [-0.15, -0.1) is 0 Å². The van der Waals surface area contributed by atoms with Crippen molar-refractivity contribution in [3.63, 3.8) is 0 Å². The molecule has 1 aromatic rings. The molecule has 0 N–H and O–H groups in total. The van der Waals surface area contributed by atoms with Crippen LogP contribution in [0.4, 0.5) is 5.69 Å². The molecule has 0 aliphatic rings. The Morgan fingerprint density at radius 1 is 1.33 bits per heavy atom. The van der Waals surface area contributed by atoms with Crippen LogP contribution in [0.2, 0.25) is 0 Å². The van der Waals surface area contributed by atoms with E-state index < -0.39 is 16.0 Å². The number of nitrogens with zero attached hydrogens (tertiary/aromatic N) is 1. The quantitative estimate of drug-likeness (QED) is 0.263. The Balaban J connectivity index is 0.00000196. The molecule has 0 fully saturated rings. The summed E-state index contributed by atoms with van der Waals surface area (Å²) in [6, 6.07) is 6.12. The Morgan fingerprint density at radius 2 is 1.93 bits per heavy atom. The van der Waals surface area contributed by atoms with Crippen molar-refractivity contribution in [1.82, 2.24) is 0 Å². The van der Waals surface area contributed by atoms with Crippen molar-refractivity contribution in [2.45, 2.75) is 6.42 Å². The third-order valence-electron chi connectivity index (χ3n) is 1.73. The Morgan fingerprint density at radius 3 is 2.47 bits per heavy atom. The van der Waals surface area contributed by atoms with Gasteiger partial charge >= 0.3 is 29.6 Å². The maximum absolute atomic E-state index is 10.5. The average Bonchev–Trinajstić information content (AvgIpc) is 2.15. The van der Waals surface area contributed by atoms with Crippen molar-refractivity contribution >= 4 is 16.8 Å². The van der Waals surface area contributed by atoms with Crippen molar-refractivity contribution in [3.8, 4) is 0 Å². The van der Waals surface area contributed by atoms with E-state index in [1.165, 1.54) is 6.07 Å². The second kappa shape index (κ2) is 7.08. The van der Waals surface area contributed by atoms with E-state index in [1.807, 2.05) is 0 Å². The molecular weight excluding hydrogens is 229 g/mol. The molecule has 0 saturated heterocycles. The maximum Gasteiger partial charge on any atom is 1.00 e. The van der Waals surface area contributed by atoms with Crippen molar-refractivity contribution < 1.29 is 43.2 Å². The summed E-state index contributed by atoms with van der Waals surface area (Å²) in [4.78, 5) is 10.0. The third-order valence-corrected chi connectivity index (χ3v) is 2.26. The van der Waals surface area contributed by atoms with Crippen LogP contribution in [0.15, 0.2) is 24.3 Å². The van der Waals surface area contributed by atoms with E-state index in [1.54, 1.807) is 18.2 Å². The normalized spacial score (nSPS) is 11.5. The minimum Gasteiger partial charge on any atom is -0.772 e. The molecule has 0 aliphatic carbocycles. The molecule has 0 aromatic heterocycles. The molecule has 0 spiro atoms. The van der Waals surface area contributed by atoms with Gasteiger partial charge in [0.05, 0.1) is 4.92 Å². The molecule has 1 atom stereocenters. The van der Waals surface area contributed by atoms with E-state index in [-0.39, 0.29) is 47.4 Å². The molecule has 0 amide bonds. The van der Waals surface area contributed by atoms with Gasteiger partial charge in [-0.25, -0.2) is 0 Å². The van der Waals surface area contributed by atoms with Gasteiger partial charge in [0.2, 0.25) is 0 Å². The molecule has 15 heavy (non-hydrogen) atoms. The fourth-order valence-electron chi connectivity index (χ4n) is 1.09. The van der Waals surface area contributed by atoms with Gasteiger partial charge < -0.3 is 4.55 Å². The Labute approximate surface area is 112 Å². The summed E-state index contributed by atoms with van der Waals surface area (Å²) < 4.78 is 20.6. The van der Waals surface area contributed by atoms with Crippen molar-refractivity contribution in [1.29, 1.82) is 0 Å². The first-order chi connectivity index (χ1) is 6.61. The van der Waals surface area contributed by atoms with E-state index in [0.717, 1.165) is 0 Å². The first kappa shape index (κ1) is 14.7. The van der Waals surface area contributed by atoms with Gasteiger partial charge in [0.15, 0.2) is 0 Å². The van der Waals surface area contributed by atoms with Gasteiger partial charge in [-0.05, 0) is 6.42 Å². The fraction of sp³-hybridized carbons (Fsp3) is 0.250. The average molecular weight is 237 g/mol. The SMILES string of the molecule is O=[N+]([O-])c1ccccc1CCS(=O)[O-].[Na+]. The zero-order valence-electron chi connectivity index (χ0n) is 8.21. The van der Waals surface area contributed by atoms with E-state index in [0.29, 0.717) is 5.56 Å². The zero-order valence-corrected chi connectivity index (χ0v) is 11.0. The predicted molar refractivity (Wildman–Crippen MR) is 50.6 cm³/mol. The van der Waals surface area contributed by atoms with E-state index in [2.05, 4.69) is 0 Å². The van der Waals surface area contributed by atoms with Crippen LogP contribution < -0.4 is 29.6 Å². The van der Waals surface area contributed by atoms with Crippen molar-refractivity contribution in [2.75, 3.05) is 5.75 Å². The second-order valence-corrected chi connectivity index (χ2v) is 3.66. The molecule has 0 saturated carbocycles. The number of rotatable bonds is 4. The van der Waals surface area contributed by atoms with Crippen LogP contribution >= 0.6 is 0 Å². The monoisotopic (exact) mass is 237 g/mol. The number of nitro groups is 1. The third kappa shape index (κ3) is 4.85. The first-order valence-electron chi connectivity index (χ1n) is 3.89. The predicted octanol–water partition coefficient (Wildman–Crippen LogP) is -1.98. The van der Waals surface area contributed by atoms with Crippen LogP contribution in [0.3, 0.4) is 0 Å². The minimum atomic E-state index is -2.16. The Kier molecular flexibility index (Phi) is 6.95. The summed E-state index contributed by atoms with van der Waals surface area (Å²) in [7, 11) is 0. The van der Waals surface area contributed by atoms with Gasteiger partial charge in [0, 0.05) is 17.4 Å². The summed E-state index contributed by atoms with van der Waals surface area (Å²) in [5, 5.41) is 10.5. The first-order valence-corrected chi connectivity index (χ1v) is 5.14. The topological polar surface area (TPSA) is 83.3 Å². The molecule has 1 unspecified atom stereocenters. The van der Waals surface area contributed by atoms with Crippen LogP contribution in [-0.4, -0.2) is 19.4 Å². The van der Waals surface area contributed by atoms with Crippen LogP contribution in [0.1, 0.15) is 5.56 Å². The number of benzene rings is 1. The summed E-state index contributed by atoms with van der Waals surface area (Å²) in [6.07, 6.45) is 0.174. The standard InChI is InChI=1S/C8H9NO4S.Na/c10-9(11)8-4-2-1-3-7(8)5-6-14(12)13;/h1-4H,5-6H2,(H,12,13);/q;+1/p-1. The Hall–Kier alpha value is -0.270. The van der Waals surface area contributed by atoms with Crippen LogP contribution in [0, 0.1) is 10.1 Å². The molecule has 5 nitrogen and oxygen atoms in total. The van der Waals surface area contributed by atoms with E-state index in [4.69, 9.17) is 0 Å². The number of para-hydroxylation sites is 1. The summed E-state index contributed by atoms with van der Waals surface area (Å²) in [6.45, 7) is 0. The van der Waals surface area contributed by atoms with E-state index >= 15 is 0 Å². The van der Waals surface area contributed by atoms with Gasteiger partial charge in [-0.1, -0.05) is 29.3 Å². The largest absolute Gasteiger partial charge is 1.00 e. The number of hydrogen-bond donors (Lipinski definition) is 0. The summed E-state index contributed by atoms with van der Waals surface area (Å²) in [5.41, 5.74) is 0.416. The van der Waals surface area contributed by atoms with Gasteiger partial charge in [-0.2, -0.15) is 0 Å². The summed E-state index contributed by atoms with van der Waals surface area (Å²) >= 11 is -2.16. The zero-order chi connectivity index (χ0) is 10.6. The Bertz CT molecular complexity index is 371. The molecular formula is C8H8NNaO4S. The number of hydrogen-bond acceptors (Lipinski definition) is 4. The van der Waals surface area contributed by atoms with Crippen molar-refractivity contribution in [3.05, 3.63) is 39.9 Å². The maximum atomic E-state index is 10.5. The molecule has 1 rings (SSSR count). The fourth-order valence-corrected chi connectivity index (χ4v) is 1.48. The van der Waals surface area contributed by atoms with Gasteiger partial charge in [0.25, 0.3) is 5.69 Å². The molecule has 0 aliphatic heterocycles. The van der Waals surface area contributed by atoms with Crippen LogP contribution in [0.25, 0.3) is 0 Å². The summed E-state index contributed by atoms with van der Waals surface area (Å²) in [5.74, 6) is -0.0924. The second-order valence-electron chi connectivity index (χ2n) is 2.64. The molecule has 0 bridgehead atoms.